The average Bonchev–Trinajstić information content (AvgIpc) is 2.56. The van der Waals surface area contributed by atoms with Crippen LogP contribution >= 0.6 is 0 Å². The molecule has 1 saturated carbocycles. The fourth-order valence-corrected chi connectivity index (χ4v) is 2.43. The van der Waals surface area contributed by atoms with E-state index < -0.39 is 0 Å². The fourth-order valence-electron chi connectivity index (χ4n) is 2.43. The van der Waals surface area contributed by atoms with E-state index in [1.54, 1.807) is 0 Å². The zero-order valence-electron chi connectivity index (χ0n) is 9.66. The standard InChI is InChI=1S/C12H18N2O/c1-12(2)5-4-10(15)6-11(12)9-7-13-14(3)8-9/h7-8,11H,4-6H2,1-3H3. The van der Waals surface area contributed by atoms with Gasteiger partial charge in [-0.1, -0.05) is 13.8 Å². The molecular weight excluding hydrogens is 188 g/mol. The van der Waals surface area contributed by atoms with Gasteiger partial charge in [0.05, 0.1) is 6.20 Å². The van der Waals surface area contributed by atoms with Crippen molar-refractivity contribution < 1.29 is 4.79 Å². The summed E-state index contributed by atoms with van der Waals surface area (Å²) in [7, 11) is 1.92. The summed E-state index contributed by atoms with van der Waals surface area (Å²) in [5.74, 6) is 0.732. The zero-order valence-corrected chi connectivity index (χ0v) is 9.66. The highest BCUT2D eigenvalue weighted by Crippen LogP contribution is 2.45. The van der Waals surface area contributed by atoms with Crippen molar-refractivity contribution >= 4 is 5.78 Å². The topological polar surface area (TPSA) is 34.9 Å². The van der Waals surface area contributed by atoms with E-state index in [4.69, 9.17) is 0 Å². The zero-order chi connectivity index (χ0) is 11.1. The maximum atomic E-state index is 11.5. The van der Waals surface area contributed by atoms with Crippen LogP contribution < -0.4 is 0 Å². The molecule has 0 aromatic carbocycles. The Bertz CT molecular complexity index is 379. The van der Waals surface area contributed by atoms with Gasteiger partial charge in [0.1, 0.15) is 5.78 Å². The van der Waals surface area contributed by atoms with Gasteiger partial charge >= 0.3 is 0 Å². The monoisotopic (exact) mass is 206 g/mol. The van der Waals surface area contributed by atoms with E-state index in [0.717, 1.165) is 12.8 Å². The second-order valence-corrected chi connectivity index (χ2v) is 5.23. The van der Waals surface area contributed by atoms with Crippen LogP contribution in [-0.4, -0.2) is 15.6 Å². The van der Waals surface area contributed by atoms with Crippen molar-refractivity contribution in [3.8, 4) is 0 Å². The van der Waals surface area contributed by atoms with Gasteiger partial charge in [-0.2, -0.15) is 5.10 Å². The Morgan fingerprint density at radius 3 is 2.87 bits per heavy atom. The minimum absolute atomic E-state index is 0.219. The van der Waals surface area contributed by atoms with Crippen molar-refractivity contribution in [1.29, 1.82) is 0 Å². The van der Waals surface area contributed by atoms with Gasteiger partial charge in [-0.15, -0.1) is 0 Å². The van der Waals surface area contributed by atoms with Crippen LogP contribution in [0.1, 0.15) is 44.6 Å². The van der Waals surface area contributed by atoms with E-state index in [1.165, 1.54) is 5.56 Å². The number of Topliss-reactive ketones (excluding diaryl/α,β-unsaturated/α-hetero) is 1. The number of carbonyl (C=O) groups excluding carboxylic acids is 1. The van der Waals surface area contributed by atoms with Crippen LogP contribution in [0.3, 0.4) is 0 Å². The first-order valence-corrected chi connectivity index (χ1v) is 5.49. The smallest absolute Gasteiger partial charge is 0.133 e. The first-order valence-electron chi connectivity index (χ1n) is 5.49. The molecule has 0 saturated heterocycles. The van der Waals surface area contributed by atoms with Crippen LogP contribution in [0, 0.1) is 5.41 Å². The van der Waals surface area contributed by atoms with Crippen LogP contribution in [0.25, 0.3) is 0 Å². The van der Waals surface area contributed by atoms with Gasteiger partial charge in [0.25, 0.3) is 0 Å². The highest BCUT2D eigenvalue weighted by Gasteiger charge is 2.37. The maximum absolute atomic E-state index is 11.5. The third-order valence-corrected chi connectivity index (χ3v) is 3.55. The second-order valence-electron chi connectivity index (χ2n) is 5.23. The molecule has 1 aromatic heterocycles. The third-order valence-electron chi connectivity index (χ3n) is 3.55. The summed E-state index contributed by atoms with van der Waals surface area (Å²) in [5, 5.41) is 4.19. The van der Waals surface area contributed by atoms with Crippen LogP contribution in [0.15, 0.2) is 12.4 Å². The van der Waals surface area contributed by atoms with Crippen molar-refractivity contribution in [3.05, 3.63) is 18.0 Å². The molecule has 0 spiro atoms. The molecule has 1 aliphatic rings. The lowest BCUT2D eigenvalue weighted by atomic mass is 9.66. The first kappa shape index (κ1) is 10.4. The Morgan fingerprint density at radius 1 is 1.53 bits per heavy atom. The summed E-state index contributed by atoms with van der Waals surface area (Å²) < 4.78 is 1.81. The molecular formula is C12H18N2O. The number of rotatable bonds is 1. The number of aromatic nitrogens is 2. The molecule has 3 heteroatoms. The molecule has 3 nitrogen and oxygen atoms in total. The van der Waals surface area contributed by atoms with Crippen molar-refractivity contribution in [2.24, 2.45) is 12.5 Å². The van der Waals surface area contributed by atoms with Gasteiger partial charge in [0.2, 0.25) is 0 Å². The Labute approximate surface area is 90.5 Å². The SMILES string of the molecule is Cn1cc(C2CC(=O)CCC2(C)C)cn1. The fraction of sp³-hybridized carbons (Fsp3) is 0.667. The Kier molecular flexibility index (Phi) is 2.41. The van der Waals surface area contributed by atoms with Gasteiger partial charge in [0.15, 0.2) is 0 Å². The van der Waals surface area contributed by atoms with E-state index >= 15 is 0 Å². The molecule has 1 unspecified atom stereocenters. The van der Waals surface area contributed by atoms with Gasteiger partial charge in [-0.25, -0.2) is 0 Å². The maximum Gasteiger partial charge on any atom is 0.133 e. The van der Waals surface area contributed by atoms with E-state index in [0.29, 0.717) is 18.1 Å². The lowest BCUT2D eigenvalue weighted by molar-refractivity contribution is -0.122. The molecule has 1 heterocycles. The van der Waals surface area contributed by atoms with Gasteiger partial charge in [-0.3, -0.25) is 9.48 Å². The number of hydrogen-bond acceptors (Lipinski definition) is 2. The summed E-state index contributed by atoms with van der Waals surface area (Å²) >= 11 is 0. The summed E-state index contributed by atoms with van der Waals surface area (Å²) in [6.07, 6.45) is 6.34. The lowest BCUT2D eigenvalue weighted by Gasteiger charge is -2.37. The molecule has 1 fully saturated rings. The van der Waals surface area contributed by atoms with Crippen LogP contribution in [-0.2, 0) is 11.8 Å². The van der Waals surface area contributed by atoms with E-state index in [9.17, 15) is 4.79 Å². The van der Waals surface area contributed by atoms with Crippen molar-refractivity contribution in [2.75, 3.05) is 0 Å². The summed E-state index contributed by atoms with van der Waals surface area (Å²) in [6, 6.07) is 0. The Morgan fingerprint density at radius 2 is 2.27 bits per heavy atom. The predicted molar refractivity (Wildman–Crippen MR) is 58.6 cm³/mol. The summed E-state index contributed by atoms with van der Waals surface area (Å²) in [5.41, 5.74) is 1.42. The summed E-state index contributed by atoms with van der Waals surface area (Å²) in [4.78, 5) is 11.5. The number of aryl methyl sites for hydroxylation is 1. The number of hydrogen-bond donors (Lipinski definition) is 0. The number of carbonyl (C=O) groups is 1. The van der Waals surface area contributed by atoms with E-state index in [-0.39, 0.29) is 5.41 Å². The van der Waals surface area contributed by atoms with Crippen LogP contribution in [0.5, 0.6) is 0 Å². The predicted octanol–water partition coefficient (Wildman–Crippen LogP) is 2.28. The highest BCUT2D eigenvalue weighted by atomic mass is 16.1. The molecule has 1 atom stereocenters. The minimum atomic E-state index is 0.219. The molecule has 15 heavy (non-hydrogen) atoms. The number of ketones is 1. The van der Waals surface area contributed by atoms with Crippen LogP contribution in [0.4, 0.5) is 0 Å². The molecule has 1 aromatic rings. The largest absolute Gasteiger partial charge is 0.300 e. The van der Waals surface area contributed by atoms with Gasteiger partial charge in [-0.05, 0) is 23.3 Å². The average molecular weight is 206 g/mol. The molecule has 1 aliphatic carbocycles. The molecule has 2 rings (SSSR count). The molecule has 82 valence electrons. The molecule has 0 amide bonds. The van der Waals surface area contributed by atoms with Crippen molar-refractivity contribution in [2.45, 2.75) is 39.0 Å². The van der Waals surface area contributed by atoms with Gasteiger partial charge in [0, 0.05) is 26.1 Å². The summed E-state index contributed by atoms with van der Waals surface area (Å²) in [6.45, 7) is 4.49. The molecule has 0 aliphatic heterocycles. The minimum Gasteiger partial charge on any atom is -0.300 e. The quantitative estimate of drug-likeness (QED) is 0.706. The molecule has 0 bridgehead atoms. The Balaban J connectivity index is 2.29. The molecule has 0 N–H and O–H groups in total. The normalized spacial score (nSPS) is 25.5. The highest BCUT2D eigenvalue weighted by molar-refractivity contribution is 5.80. The lowest BCUT2D eigenvalue weighted by Crippen LogP contribution is -2.30. The number of nitrogens with zero attached hydrogens (tertiary/aromatic N) is 2. The van der Waals surface area contributed by atoms with Crippen molar-refractivity contribution in [3.63, 3.8) is 0 Å². The Hall–Kier alpha value is -1.12. The van der Waals surface area contributed by atoms with Crippen molar-refractivity contribution in [1.82, 2.24) is 9.78 Å². The van der Waals surface area contributed by atoms with Crippen LogP contribution in [0.2, 0.25) is 0 Å². The van der Waals surface area contributed by atoms with E-state index in [2.05, 4.69) is 18.9 Å². The third kappa shape index (κ3) is 1.96. The first-order chi connectivity index (χ1) is 6.99. The second kappa shape index (κ2) is 3.47. The van der Waals surface area contributed by atoms with Gasteiger partial charge < -0.3 is 0 Å². The van der Waals surface area contributed by atoms with E-state index in [1.807, 2.05) is 24.1 Å². The molecule has 0 radical (unpaired) electrons.